The molecule has 0 N–H and O–H groups in total. The van der Waals surface area contributed by atoms with E-state index in [1.165, 1.54) is 0 Å². The average molecular weight is 460 g/mol. The Morgan fingerprint density at radius 1 is 0.514 bits per heavy atom. The zero-order valence-corrected chi connectivity index (χ0v) is 18.2. The molecule has 0 bridgehead atoms. The Kier molecular flexibility index (Phi) is 4.67. The molecule has 0 saturated heterocycles. The van der Waals surface area contributed by atoms with Crippen molar-refractivity contribution in [2.45, 2.75) is 6.10 Å². The van der Waals surface area contributed by atoms with E-state index in [4.69, 9.17) is 4.74 Å². The molecule has 2 aliphatic heterocycles. The number of hydrogen-bond donors (Lipinski definition) is 0. The lowest BCUT2D eigenvalue weighted by Gasteiger charge is -2.08. The minimum Gasteiger partial charge on any atom is -0.446 e. The summed E-state index contributed by atoms with van der Waals surface area (Å²) in [6.07, 6.45) is -0.201. The first kappa shape index (κ1) is 20.7. The van der Waals surface area contributed by atoms with E-state index >= 15 is 0 Å². The summed E-state index contributed by atoms with van der Waals surface area (Å²) in [5.74, 6) is -1.71. The summed E-state index contributed by atoms with van der Waals surface area (Å²) in [6.45, 7) is 0. The van der Waals surface area contributed by atoms with E-state index in [0.29, 0.717) is 23.0 Å². The van der Waals surface area contributed by atoms with Gasteiger partial charge in [-0.05, 0) is 51.6 Å². The van der Waals surface area contributed by atoms with E-state index < -0.39 is 24.0 Å². The Hall–Kier alpha value is -4.84. The number of cyclic esters (lactones) is 3. The van der Waals surface area contributed by atoms with Crippen LogP contribution in [0.1, 0.15) is 42.7 Å². The van der Waals surface area contributed by atoms with Gasteiger partial charge in [-0.2, -0.15) is 0 Å². The second-order valence-corrected chi connectivity index (χ2v) is 8.36. The van der Waals surface area contributed by atoms with E-state index in [2.05, 4.69) is 4.74 Å². The third-order valence-electron chi connectivity index (χ3n) is 6.35. The zero-order chi connectivity index (χ0) is 24.1. The van der Waals surface area contributed by atoms with Crippen molar-refractivity contribution in [3.8, 4) is 33.4 Å². The number of carbonyl (C=O) groups excluding carboxylic acids is 4. The number of hydrogen-bond acceptors (Lipinski definition) is 6. The molecule has 4 aromatic carbocycles. The van der Waals surface area contributed by atoms with E-state index in [9.17, 15) is 19.2 Å². The van der Waals surface area contributed by atoms with Gasteiger partial charge in [0, 0.05) is 5.56 Å². The van der Waals surface area contributed by atoms with Crippen molar-refractivity contribution in [1.29, 1.82) is 0 Å². The maximum atomic E-state index is 12.1. The maximum absolute atomic E-state index is 12.1. The molecule has 1 unspecified atom stereocenters. The highest BCUT2D eigenvalue weighted by Crippen LogP contribution is 2.34. The van der Waals surface area contributed by atoms with Gasteiger partial charge in [0.1, 0.15) is 0 Å². The Bertz CT molecular complexity index is 1550. The van der Waals surface area contributed by atoms with Crippen LogP contribution < -0.4 is 0 Å². The summed E-state index contributed by atoms with van der Waals surface area (Å²) in [7, 11) is 0. The van der Waals surface area contributed by atoms with Crippen LogP contribution in [0.5, 0.6) is 0 Å². The van der Waals surface area contributed by atoms with Crippen molar-refractivity contribution in [2.24, 2.45) is 0 Å². The molecular weight excluding hydrogens is 444 g/mol. The molecule has 0 radical (unpaired) electrons. The van der Waals surface area contributed by atoms with Gasteiger partial charge in [0.15, 0.2) is 12.4 Å². The van der Waals surface area contributed by atoms with E-state index in [1.807, 2.05) is 54.6 Å². The van der Waals surface area contributed by atoms with E-state index in [0.717, 1.165) is 33.4 Å². The van der Waals surface area contributed by atoms with Crippen LogP contribution in [0, 0.1) is 0 Å². The lowest BCUT2D eigenvalue weighted by Crippen LogP contribution is -1.98. The molecule has 1 atom stereocenters. The fourth-order valence-corrected chi connectivity index (χ4v) is 4.48. The first-order valence-electron chi connectivity index (χ1n) is 10.9. The van der Waals surface area contributed by atoms with Gasteiger partial charge in [0.2, 0.25) is 0 Å². The molecule has 0 aromatic heterocycles. The predicted octanol–water partition coefficient (Wildman–Crippen LogP) is 5.41. The second kappa shape index (κ2) is 7.88. The minimum atomic E-state index is -0.829. The van der Waals surface area contributed by atoms with Crippen molar-refractivity contribution >= 4 is 24.2 Å². The molecule has 0 amide bonds. The summed E-state index contributed by atoms with van der Waals surface area (Å²) < 4.78 is 9.74. The van der Waals surface area contributed by atoms with Crippen molar-refractivity contribution in [3.05, 3.63) is 107 Å². The Morgan fingerprint density at radius 2 is 0.971 bits per heavy atom. The molecule has 4 aromatic rings. The monoisotopic (exact) mass is 460 g/mol. The van der Waals surface area contributed by atoms with Gasteiger partial charge < -0.3 is 9.47 Å². The van der Waals surface area contributed by atoms with Crippen molar-refractivity contribution in [3.63, 3.8) is 0 Å². The number of ether oxygens (including phenoxy) is 2. The van der Waals surface area contributed by atoms with Crippen LogP contribution in [0.15, 0.2) is 84.9 Å². The fourth-order valence-electron chi connectivity index (χ4n) is 4.48. The summed E-state index contributed by atoms with van der Waals surface area (Å²) in [5, 5.41) is 0. The smallest absolute Gasteiger partial charge is 0.346 e. The molecule has 35 heavy (non-hydrogen) atoms. The molecule has 0 fully saturated rings. The van der Waals surface area contributed by atoms with Gasteiger partial charge in [-0.1, -0.05) is 66.7 Å². The van der Waals surface area contributed by atoms with Crippen LogP contribution >= 0.6 is 0 Å². The van der Waals surface area contributed by atoms with Crippen molar-refractivity contribution < 1.29 is 28.7 Å². The minimum absolute atomic E-state index is 0.286. The van der Waals surface area contributed by atoms with Gasteiger partial charge in [0.05, 0.1) is 16.7 Å². The number of carbonyl (C=O) groups is 4. The molecule has 0 spiro atoms. The SMILES string of the molecule is O=CC1OC(=O)c2cc(-c3ccc(-c4ccc(-c5ccc6c(c5)C(=O)OC6=O)cc4)cc3)ccc21. The Balaban J connectivity index is 1.25. The lowest BCUT2D eigenvalue weighted by atomic mass is 9.95. The molecule has 6 nitrogen and oxygen atoms in total. The molecular formula is C29H16O6. The topological polar surface area (TPSA) is 86.7 Å². The molecule has 6 heteroatoms. The number of benzene rings is 4. The molecule has 2 aliphatic rings. The summed E-state index contributed by atoms with van der Waals surface area (Å²) in [5.41, 5.74) is 7.17. The highest BCUT2D eigenvalue weighted by atomic mass is 16.6. The first-order valence-corrected chi connectivity index (χ1v) is 10.9. The Morgan fingerprint density at radius 3 is 1.54 bits per heavy atom. The number of rotatable bonds is 4. The summed E-state index contributed by atoms with van der Waals surface area (Å²) in [4.78, 5) is 46.7. The molecule has 168 valence electrons. The highest BCUT2D eigenvalue weighted by Gasteiger charge is 2.31. The molecule has 2 heterocycles. The standard InChI is InChI=1S/C29H16O6/c30-15-26-22-11-9-20(13-24(22)28(32)34-26)18-5-1-16(2-6-18)17-3-7-19(8-4-17)21-10-12-23-25(14-21)29(33)35-27(23)31/h1-15,26H. The van der Waals surface area contributed by atoms with Crippen LogP contribution in [0.3, 0.4) is 0 Å². The van der Waals surface area contributed by atoms with Crippen LogP contribution in [0.25, 0.3) is 33.4 Å². The van der Waals surface area contributed by atoms with Gasteiger partial charge in [-0.3, -0.25) is 4.79 Å². The molecule has 0 saturated carbocycles. The quantitative estimate of drug-likeness (QED) is 0.230. The van der Waals surface area contributed by atoms with Crippen LogP contribution in [0.2, 0.25) is 0 Å². The molecule has 6 rings (SSSR count). The number of fused-ring (bicyclic) bond motifs is 2. The van der Waals surface area contributed by atoms with Gasteiger partial charge in [-0.15, -0.1) is 0 Å². The second-order valence-electron chi connectivity index (χ2n) is 8.36. The zero-order valence-electron chi connectivity index (χ0n) is 18.2. The maximum Gasteiger partial charge on any atom is 0.346 e. The number of esters is 3. The van der Waals surface area contributed by atoms with Crippen molar-refractivity contribution in [2.75, 3.05) is 0 Å². The van der Waals surface area contributed by atoms with Gasteiger partial charge >= 0.3 is 17.9 Å². The highest BCUT2D eigenvalue weighted by molar-refractivity contribution is 6.15. The first-order chi connectivity index (χ1) is 17.0. The normalized spacial score (nSPS) is 15.9. The average Bonchev–Trinajstić information content (AvgIpc) is 3.38. The largest absolute Gasteiger partial charge is 0.446 e. The van der Waals surface area contributed by atoms with Crippen LogP contribution in [-0.4, -0.2) is 24.2 Å². The Labute approximate surface area is 199 Å². The van der Waals surface area contributed by atoms with E-state index in [-0.39, 0.29) is 5.56 Å². The summed E-state index contributed by atoms with van der Waals surface area (Å²) in [6, 6.07) is 26.3. The van der Waals surface area contributed by atoms with E-state index in [1.54, 1.807) is 30.3 Å². The van der Waals surface area contributed by atoms with Crippen LogP contribution in [-0.2, 0) is 14.3 Å². The fraction of sp³-hybridized carbons (Fsp3) is 0.0345. The third kappa shape index (κ3) is 3.43. The van der Waals surface area contributed by atoms with Gasteiger partial charge in [0.25, 0.3) is 0 Å². The number of aldehydes is 1. The van der Waals surface area contributed by atoms with Crippen LogP contribution in [0.4, 0.5) is 0 Å². The van der Waals surface area contributed by atoms with Crippen molar-refractivity contribution in [1.82, 2.24) is 0 Å². The predicted molar refractivity (Wildman–Crippen MR) is 127 cm³/mol. The third-order valence-corrected chi connectivity index (χ3v) is 6.35. The van der Waals surface area contributed by atoms with Gasteiger partial charge in [-0.25, -0.2) is 14.4 Å². The molecule has 0 aliphatic carbocycles. The summed E-state index contributed by atoms with van der Waals surface area (Å²) >= 11 is 0. The lowest BCUT2D eigenvalue weighted by molar-refractivity contribution is -0.115.